The Morgan fingerprint density at radius 1 is 0.741 bits per heavy atom. The molecule has 0 radical (unpaired) electrons. The van der Waals surface area contributed by atoms with Gasteiger partial charge < -0.3 is 0 Å². The number of hydrogen-bond acceptors (Lipinski definition) is 2. The Bertz CT molecular complexity index is 937. The van der Waals surface area contributed by atoms with E-state index in [1.54, 1.807) is 0 Å². The van der Waals surface area contributed by atoms with Gasteiger partial charge in [-0.05, 0) is 34.9 Å². The summed E-state index contributed by atoms with van der Waals surface area (Å²) in [6.07, 6.45) is 0.906. The highest BCUT2D eigenvalue weighted by Gasteiger charge is 2.07. The molecule has 1 nitrogen and oxygen atoms in total. The molecular formula is C25H33NS. The summed E-state index contributed by atoms with van der Waals surface area (Å²) in [5, 5.41) is 3.78. The maximum atomic E-state index is 4.77. The van der Waals surface area contributed by atoms with Crippen LogP contribution in [0, 0.1) is 6.92 Å². The highest BCUT2D eigenvalue weighted by Crippen LogP contribution is 2.27. The van der Waals surface area contributed by atoms with E-state index in [2.05, 4.69) is 67.6 Å². The number of rotatable bonds is 2. The largest absolute Gasteiger partial charge is 0.241 e. The van der Waals surface area contributed by atoms with Gasteiger partial charge in [0.1, 0.15) is 0 Å². The van der Waals surface area contributed by atoms with Crippen LogP contribution in [0.5, 0.6) is 0 Å². The molecule has 0 amide bonds. The number of nitrogens with zero attached hydrogens (tertiary/aromatic N) is 1. The zero-order valence-electron chi connectivity index (χ0n) is 17.8. The summed E-state index contributed by atoms with van der Waals surface area (Å²) in [6, 6.07) is 21.5. The molecule has 0 fully saturated rings. The summed E-state index contributed by atoms with van der Waals surface area (Å²) in [5.74, 6) is 0. The smallest absolute Gasteiger partial charge is 0.0982 e. The van der Waals surface area contributed by atoms with Crippen molar-refractivity contribution < 1.29 is 0 Å². The van der Waals surface area contributed by atoms with Gasteiger partial charge in [-0.25, -0.2) is 4.98 Å². The normalized spacial score (nSPS) is 9.44. The molecule has 27 heavy (non-hydrogen) atoms. The highest BCUT2D eigenvalue weighted by molar-refractivity contribution is 7.18. The summed E-state index contributed by atoms with van der Waals surface area (Å²) in [7, 11) is 0. The van der Waals surface area contributed by atoms with Crippen molar-refractivity contribution in [2.45, 2.75) is 54.9 Å². The summed E-state index contributed by atoms with van der Waals surface area (Å²) in [4.78, 5) is 4.77. The third-order valence-electron chi connectivity index (χ3n) is 3.83. The number of hydrogen-bond donors (Lipinski definition) is 0. The zero-order valence-corrected chi connectivity index (χ0v) is 18.7. The Labute approximate surface area is 169 Å². The van der Waals surface area contributed by atoms with Gasteiger partial charge in [-0.1, -0.05) is 96.1 Å². The Morgan fingerprint density at radius 2 is 1.41 bits per heavy atom. The van der Waals surface area contributed by atoms with E-state index >= 15 is 0 Å². The summed E-state index contributed by atoms with van der Waals surface area (Å²) < 4.78 is 1.31. The minimum atomic E-state index is 0.906. The topological polar surface area (TPSA) is 12.9 Å². The van der Waals surface area contributed by atoms with Gasteiger partial charge in [-0.15, -0.1) is 11.3 Å². The van der Waals surface area contributed by atoms with Gasteiger partial charge in [-0.3, -0.25) is 0 Å². The molecule has 0 aliphatic heterocycles. The van der Waals surface area contributed by atoms with Crippen molar-refractivity contribution in [3.63, 3.8) is 0 Å². The molecule has 2 heteroatoms. The van der Waals surface area contributed by atoms with E-state index in [-0.39, 0.29) is 0 Å². The van der Waals surface area contributed by atoms with Gasteiger partial charge in [0.15, 0.2) is 0 Å². The molecule has 144 valence electrons. The van der Waals surface area contributed by atoms with Gasteiger partial charge in [0.25, 0.3) is 0 Å². The molecule has 0 N–H and O–H groups in total. The monoisotopic (exact) mass is 379 g/mol. The van der Waals surface area contributed by atoms with Gasteiger partial charge in [0.05, 0.1) is 15.2 Å². The predicted octanol–water partition coefficient (Wildman–Crippen LogP) is 8.43. The average Bonchev–Trinajstić information content (AvgIpc) is 3.16. The molecule has 1 heterocycles. The average molecular weight is 380 g/mol. The Kier molecular flexibility index (Phi) is 10.4. The second kappa shape index (κ2) is 12.2. The molecular weight excluding hydrogens is 346 g/mol. The van der Waals surface area contributed by atoms with Crippen molar-refractivity contribution in [1.82, 2.24) is 4.98 Å². The highest BCUT2D eigenvalue weighted by atomic mass is 32.1. The third kappa shape index (κ3) is 5.90. The molecule has 1 aromatic heterocycles. The number of benzene rings is 3. The van der Waals surface area contributed by atoms with Crippen LogP contribution >= 0.6 is 11.3 Å². The lowest BCUT2D eigenvalue weighted by molar-refractivity contribution is 1.16. The van der Waals surface area contributed by atoms with Gasteiger partial charge in [-0.2, -0.15) is 0 Å². The second-order valence-electron chi connectivity index (χ2n) is 5.39. The summed E-state index contributed by atoms with van der Waals surface area (Å²) in [5.41, 5.74) is 3.76. The van der Waals surface area contributed by atoms with E-state index in [1.807, 2.05) is 52.9 Å². The first-order valence-corrected chi connectivity index (χ1v) is 10.9. The molecule has 0 atom stereocenters. The van der Waals surface area contributed by atoms with Crippen molar-refractivity contribution in [1.29, 1.82) is 0 Å². The molecule has 0 saturated carbocycles. The molecule has 3 aromatic carbocycles. The molecule has 0 aliphatic carbocycles. The maximum Gasteiger partial charge on any atom is 0.0982 e. The number of fused-ring (bicyclic) bond motifs is 2. The standard InChI is InChI=1S/C19H15NS.3C2H6/c1-13-5-4-8-17-19(13)21-18(20-17)12-14-9-10-15-6-2-3-7-16(15)11-14;3*1-2/h2-11H,12H2,1H3;3*1-2H3. The summed E-state index contributed by atoms with van der Waals surface area (Å²) >= 11 is 1.81. The van der Waals surface area contributed by atoms with Crippen molar-refractivity contribution in [3.05, 3.63) is 76.8 Å². The van der Waals surface area contributed by atoms with Crippen LogP contribution in [-0.4, -0.2) is 4.98 Å². The van der Waals surface area contributed by atoms with Crippen LogP contribution in [0.4, 0.5) is 0 Å². The maximum absolute atomic E-state index is 4.77. The van der Waals surface area contributed by atoms with E-state index in [0.717, 1.165) is 11.9 Å². The van der Waals surface area contributed by atoms with E-state index < -0.39 is 0 Å². The molecule has 0 aliphatic rings. The van der Waals surface area contributed by atoms with Crippen LogP contribution in [0.3, 0.4) is 0 Å². The number of aromatic nitrogens is 1. The molecule has 0 unspecified atom stereocenters. The van der Waals surface area contributed by atoms with Crippen molar-refractivity contribution >= 4 is 32.3 Å². The molecule has 0 spiro atoms. The Morgan fingerprint density at radius 3 is 2.07 bits per heavy atom. The van der Waals surface area contributed by atoms with Gasteiger partial charge in [0.2, 0.25) is 0 Å². The Hall–Kier alpha value is -2.19. The van der Waals surface area contributed by atoms with E-state index in [4.69, 9.17) is 4.98 Å². The van der Waals surface area contributed by atoms with Gasteiger partial charge in [0, 0.05) is 6.42 Å². The van der Waals surface area contributed by atoms with Crippen molar-refractivity contribution in [2.75, 3.05) is 0 Å². The zero-order chi connectivity index (χ0) is 20.2. The summed E-state index contributed by atoms with van der Waals surface area (Å²) in [6.45, 7) is 14.2. The second-order valence-corrected chi connectivity index (χ2v) is 6.47. The van der Waals surface area contributed by atoms with Crippen LogP contribution in [-0.2, 0) is 6.42 Å². The lowest BCUT2D eigenvalue weighted by Gasteiger charge is -2.01. The van der Waals surface area contributed by atoms with Crippen LogP contribution < -0.4 is 0 Å². The number of aryl methyl sites for hydroxylation is 1. The first kappa shape index (κ1) is 22.9. The van der Waals surface area contributed by atoms with E-state index in [0.29, 0.717) is 0 Å². The molecule has 0 saturated heterocycles. The van der Waals surface area contributed by atoms with Crippen LogP contribution in [0.15, 0.2) is 60.7 Å². The first-order chi connectivity index (χ1) is 13.3. The molecule has 4 aromatic rings. The van der Waals surface area contributed by atoms with Crippen LogP contribution in [0.2, 0.25) is 0 Å². The van der Waals surface area contributed by atoms with Crippen molar-refractivity contribution in [2.24, 2.45) is 0 Å². The van der Waals surface area contributed by atoms with Crippen molar-refractivity contribution in [3.8, 4) is 0 Å². The predicted molar refractivity (Wildman–Crippen MR) is 125 cm³/mol. The quantitative estimate of drug-likeness (QED) is 0.340. The fourth-order valence-corrected chi connectivity index (χ4v) is 3.80. The fourth-order valence-electron chi connectivity index (χ4n) is 2.73. The van der Waals surface area contributed by atoms with Gasteiger partial charge >= 0.3 is 0 Å². The Balaban J connectivity index is 0.000000556. The lowest BCUT2D eigenvalue weighted by Crippen LogP contribution is -1.86. The van der Waals surface area contributed by atoms with E-state index in [9.17, 15) is 0 Å². The lowest BCUT2D eigenvalue weighted by atomic mass is 10.1. The van der Waals surface area contributed by atoms with Crippen LogP contribution in [0.25, 0.3) is 21.0 Å². The molecule has 0 bridgehead atoms. The van der Waals surface area contributed by atoms with E-state index in [1.165, 1.54) is 31.6 Å². The SMILES string of the molecule is CC.CC.CC.Cc1cccc2nc(Cc3ccc4ccccc4c3)sc12. The minimum absolute atomic E-state index is 0.906. The minimum Gasteiger partial charge on any atom is -0.241 e. The number of thiazole rings is 1. The molecule has 4 rings (SSSR count). The third-order valence-corrected chi connectivity index (χ3v) is 5.03. The first-order valence-electron chi connectivity index (χ1n) is 10.1. The van der Waals surface area contributed by atoms with Crippen LogP contribution in [0.1, 0.15) is 57.7 Å². The fraction of sp³-hybridized carbons (Fsp3) is 0.320.